The Labute approximate surface area is 164 Å². The molecule has 5 heteroatoms. The highest BCUT2D eigenvalue weighted by Crippen LogP contribution is 2.23. The molecule has 0 spiro atoms. The van der Waals surface area contributed by atoms with Crippen LogP contribution in [0.15, 0.2) is 60.8 Å². The van der Waals surface area contributed by atoms with Crippen molar-refractivity contribution in [2.45, 2.75) is 33.0 Å². The van der Waals surface area contributed by atoms with Crippen molar-refractivity contribution in [2.24, 2.45) is 0 Å². The van der Waals surface area contributed by atoms with E-state index in [0.29, 0.717) is 18.7 Å². The Morgan fingerprint density at radius 1 is 1.14 bits per heavy atom. The molecule has 3 aromatic rings. The number of fused-ring (bicyclic) bond motifs is 2. The maximum atomic E-state index is 13.0. The second-order valence-electron chi connectivity index (χ2n) is 7.47. The smallest absolute Gasteiger partial charge is 0.254 e. The molecule has 2 heterocycles. The number of carbonyl (C=O) groups is 2. The number of carbonyl (C=O) groups excluding carboxylic acids is 2. The third-order valence-corrected chi connectivity index (χ3v) is 5.17. The quantitative estimate of drug-likeness (QED) is 0.686. The van der Waals surface area contributed by atoms with Crippen LogP contribution in [0, 0.1) is 0 Å². The molecule has 0 saturated heterocycles. The largest absolute Gasteiger partial charge is 0.334 e. The van der Waals surface area contributed by atoms with Crippen LogP contribution in [0.4, 0.5) is 0 Å². The Balaban J connectivity index is 1.50. The van der Waals surface area contributed by atoms with Crippen LogP contribution in [-0.2, 0) is 17.9 Å². The van der Waals surface area contributed by atoms with Gasteiger partial charge < -0.3 is 9.80 Å². The van der Waals surface area contributed by atoms with Gasteiger partial charge in [0.1, 0.15) is 6.54 Å². The Bertz CT molecular complexity index is 1040. The van der Waals surface area contributed by atoms with E-state index >= 15 is 0 Å². The van der Waals surface area contributed by atoms with Gasteiger partial charge in [-0.1, -0.05) is 36.4 Å². The van der Waals surface area contributed by atoms with E-state index < -0.39 is 0 Å². The minimum atomic E-state index is -0.0694. The van der Waals surface area contributed by atoms with Crippen LogP contribution >= 0.6 is 0 Å². The predicted molar refractivity (Wildman–Crippen MR) is 109 cm³/mol. The lowest BCUT2D eigenvalue weighted by Crippen LogP contribution is -2.43. The first-order chi connectivity index (χ1) is 13.5. The van der Waals surface area contributed by atoms with Gasteiger partial charge in [-0.2, -0.15) is 0 Å². The van der Waals surface area contributed by atoms with E-state index in [2.05, 4.69) is 11.1 Å². The number of hydrogen-bond donors (Lipinski definition) is 0. The first-order valence-electron chi connectivity index (χ1n) is 9.53. The normalized spacial score (nSPS) is 13.2. The molecule has 0 unspecified atom stereocenters. The van der Waals surface area contributed by atoms with Crippen LogP contribution in [0.25, 0.3) is 10.9 Å². The van der Waals surface area contributed by atoms with Crippen molar-refractivity contribution in [2.75, 3.05) is 6.54 Å². The average Bonchev–Trinajstić information content (AvgIpc) is 3.01. The molecular weight excluding hydrogens is 350 g/mol. The van der Waals surface area contributed by atoms with E-state index in [9.17, 15) is 9.59 Å². The Morgan fingerprint density at radius 2 is 1.89 bits per heavy atom. The molecule has 1 aliphatic heterocycles. The van der Waals surface area contributed by atoms with Gasteiger partial charge in [0, 0.05) is 36.3 Å². The fourth-order valence-corrected chi connectivity index (χ4v) is 3.65. The van der Waals surface area contributed by atoms with Gasteiger partial charge in [0.05, 0.1) is 5.52 Å². The third kappa shape index (κ3) is 3.48. The SMILES string of the molecule is CC(C)N(Cc1cnc2ccccc2c1)C(=O)CN1Cc2ccccc2C1=O. The van der Waals surface area contributed by atoms with E-state index in [1.54, 1.807) is 4.90 Å². The van der Waals surface area contributed by atoms with Crippen molar-refractivity contribution in [3.8, 4) is 0 Å². The number of para-hydroxylation sites is 1. The summed E-state index contributed by atoms with van der Waals surface area (Å²) in [7, 11) is 0. The first kappa shape index (κ1) is 18.2. The lowest BCUT2D eigenvalue weighted by Gasteiger charge is -2.29. The summed E-state index contributed by atoms with van der Waals surface area (Å²) in [5, 5.41) is 1.06. The molecular formula is C23H23N3O2. The van der Waals surface area contributed by atoms with Crippen molar-refractivity contribution in [3.05, 3.63) is 77.5 Å². The Kier molecular flexibility index (Phi) is 4.82. The minimum absolute atomic E-state index is 0.0269. The summed E-state index contributed by atoms with van der Waals surface area (Å²) in [6.45, 7) is 5.04. The van der Waals surface area contributed by atoms with Crippen LogP contribution in [0.2, 0.25) is 0 Å². The molecule has 0 radical (unpaired) electrons. The predicted octanol–water partition coefficient (Wildman–Crippen LogP) is 3.63. The van der Waals surface area contributed by atoms with E-state index in [0.717, 1.165) is 22.0 Å². The third-order valence-electron chi connectivity index (χ3n) is 5.17. The van der Waals surface area contributed by atoms with E-state index in [-0.39, 0.29) is 24.4 Å². The van der Waals surface area contributed by atoms with E-state index in [1.807, 2.05) is 73.5 Å². The minimum Gasteiger partial charge on any atom is -0.334 e. The van der Waals surface area contributed by atoms with Gasteiger partial charge in [-0.15, -0.1) is 0 Å². The highest BCUT2D eigenvalue weighted by Gasteiger charge is 2.30. The lowest BCUT2D eigenvalue weighted by atomic mass is 10.1. The Hall–Kier alpha value is -3.21. The van der Waals surface area contributed by atoms with Gasteiger partial charge in [-0.05, 0) is 43.2 Å². The second kappa shape index (κ2) is 7.43. The molecule has 2 amide bonds. The van der Waals surface area contributed by atoms with Gasteiger partial charge in [-0.3, -0.25) is 14.6 Å². The highest BCUT2D eigenvalue weighted by atomic mass is 16.2. The maximum Gasteiger partial charge on any atom is 0.254 e. The molecule has 1 aliphatic rings. The van der Waals surface area contributed by atoms with Crippen LogP contribution < -0.4 is 0 Å². The summed E-state index contributed by atoms with van der Waals surface area (Å²) >= 11 is 0. The standard InChI is InChI=1S/C23H23N3O2/c1-16(2)26(13-17-11-18-7-4-6-10-21(18)24-12-17)22(27)15-25-14-19-8-3-5-9-20(19)23(25)28/h3-12,16H,13-15H2,1-2H3. The molecule has 4 rings (SSSR count). The van der Waals surface area contributed by atoms with Crippen molar-refractivity contribution in [3.63, 3.8) is 0 Å². The van der Waals surface area contributed by atoms with E-state index in [4.69, 9.17) is 0 Å². The molecule has 2 aromatic carbocycles. The number of nitrogens with zero attached hydrogens (tertiary/aromatic N) is 3. The molecule has 5 nitrogen and oxygen atoms in total. The zero-order valence-electron chi connectivity index (χ0n) is 16.1. The summed E-state index contributed by atoms with van der Waals surface area (Å²) in [4.78, 5) is 33.5. The van der Waals surface area contributed by atoms with Crippen molar-refractivity contribution >= 4 is 22.7 Å². The van der Waals surface area contributed by atoms with Crippen molar-refractivity contribution in [1.82, 2.24) is 14.8 Å². The van der Waals surface area contributed by atoms with Crippen molar-refractivity contribution < 1.29 is 9.59 Å². The van der Waals surface area contributed by atoms with Crippen LogP contribution in [-0.4, -0.2) is 39.2 Å². The van der Waals surface area contributed by atoms with Crippen molar-refractivity contribution in [1.29, 1.82) is 0 Å². The molecule has 1 aromatic heterocycles. The zero-order chi connectivity index (χ0) is 19.7. The fourth-order valence-electron chi connectivity index (χ4n) is 3.65. The van der Waals surface area contributed by atoms with Gasteiger partial charge in [0.15, 0.2) is 0 Å². The number of amides is 2. The van der Waals surface area contributed by atoms with Gasteiger partial charge in [0.25, 0.3) is 5.91 Å². The Morgan fingerprint density at radius 3 is 2.68 bits per heavy atom. The van der Waals surface area contributed by atoms with Gasteiger partial charge >= 0.3 is 0 Å². The molecule has 0 bridgehead atoms. The summed E-state index contributed by atoms with van der Waals surface area (Å²) in [6.07, 6.45) is 1.82. The molecule has 0 fully saturated rings. The summed E-state index contributed by atoms with van der Waals surface area (Å²) in [6, 6.07) is 17.6. The van der Waals surface area contributed by atoms with Crippen LogP contribution in [0.5, 0.6) is 0 Å². The summed E-state index contributed by atoms with van der Waals surface area (Å²) in [5.74, 6) is -0.121. The number of rotatable bonds is 5. The molecule has 0 N–H and O–H groups in total. The number of benzene rings is 2. The highest BCUT2D eigenvalue weighted by molar-refractivity contribution is 6.00. The van der Waals surface area contributed by atoms with Crippen LogP contribution in [0.1, 0.15) is 35.3 Å². The number of hydrogen-bond acceptors (Lipinski definition) is 3. The lowest BCUT2D eigenvalue weighted by molar-refractivity contribution is -0.134. The van der Waals surface area contributed by atoms with Gasteiger partial charge in [-0.25, -0.2) is 0 Å². The average molecular weight is 373 g/mol. The molecule has 0 atom stereocenters. The topological polar surface area (TPSA) is 53.5 Å². The molecule has 0 aliphatic carbocycles. The van der Waals surface area contributed by atoms with Gasteiger partial charge in [0.2, 0.25) is 5.91 Å². The van der Waals surface area contributed by atoms with E-state index in [1.165, 1.54) is 0 Å². The monoisotopic (exact) mass is 373 g/mol. The molecule has 0 saturated carbocycles. The second-order valence-corrected chi connectivity index (χ2v) is 7.47. The summed E-state index contributed by atoms with van der Waals surface area (Å²) in [5.41, 5.74) is 3.60. The zero-order valence-corrected chi connectivity index (χ0v) is 16.1. The van der Waals surface area contributed by atoms with Crippen LogP contribution in [0.3, 0.4) is 0 Å². The number of aromatic nitrogens is 1. The molecule has 28 heavy (non-hydrogen) atoms. The maximum absolute atomic E-state index is 13.0. The molecule has 142 valence electrons. The summed E-state index contributed by atoms with van der Waals surface area (Å²) < 4.78 is 0. The fraction of sp³-hybridized carbons (Fsp3) is 0.261. The number of pyridine rings is 1. The first-order valence-corrected chi connectivity index (χ1v) is 9.53.